The molecule has 0 bridgehead atoms. The summed E-state index contributed by atoms with van der Waals surface area (Å²) in [7, 11) is 0. The summed E-state index contributed by atoms with van der Waals surface area (Å²) in [6.07, 6.45) is 0. The molecule has 0 saturated carbocycles. The molecule has 0 aliphatic rings. The number of hydrogen-bond acceptors (Lipinski definition) is 4. The number of nitrogens with zero attached hydrogens (tertiary/aromatic N) is 2. The van der Waals surface area contributed by atoms with Gasteiger partial charge < -0.3 is 0 Å². The molecule has 0 spiro atoms. The summed E-state index contributed by atoms with van der Waals surface area (Å²) >= 11 is 9.63. The summed E-state index contributed by atoms with van der Waals surface area (Å²) in [6, 6.07) is 22.1. The third kappa shape index (κ3) is 3.74. The van der Waals surface area contributed by atoms with Crippen LogP contribution in [0.25, 0.3) is 20.3 Å². The fraction of sp³-hybridized carbons (Fsp3) is 0.120. The Balaban J connectivity index is 1.64. The van der Waals surface area contributed by atoms with Crippen LogP contribution in [-0.2, 0) is 6.54 Å². The lowest BCUT2D eigenvalue weighted by Crippen LogP contribution is -2.29. The van der Waals surface area contributed by atoms with Gasteiger partial charge in [-0.1, -0.05) is 77.5 Å². The molecule has 0 radical (unpaired) electrons. The number of rotatable bonds is 4. The molecule has 0 aliphatic heterocycles. The predicted octanol–water partition coefficient (Wildman–Crippen LogP) is 7.63. The molecule has 0 fully saturated rings. The largest absolute Gasteiger partial charge is 0.279 e. The maximum atomic E-state index is 13.8. The normalized spacial score (nSPS) is 11.3. The van der Waals surface area contributed by atoms with E-state index in [2.05, 4.69) is 26.0 Å². The number of carbonyl (C=O) groups excluding carboxylic acids is 1. The van der Waals surface area contributed by atoms with Gasteiger partial charge in [-0.2, -0.15) is 0 Å². The number of fused-ring (bicyclic) bond motifs is 2. The van der Waals surface area contributed by atoms with Crippen LogP contribution in [0.2, 0.25) is 5.02 Å². The van der Waals surface area contributed by atoms with Crippen molar-refractivity contribution in [2.75, 3.05) is 4.90 Å². The zero-order chi connectivity index (χ0) is 21.5. The van der Waals surface area contributed by atoms with Crippen molar-refractivity contribution in [1.29, 1.82) is 0 Å². The van der Waals surface area contributed by atoms with Crippen LogP contribution in [0.1, 0.15) is 26.4 Å². The first-order chi connectivity index (χ1) is 15.0. The number of thiazole rings is 1. The first kappa shape index (κ1) is 20.2. The van der Waals surface area contributed by atoms with Crippen LogP contribution in [-0.4, -0.2) is 10.9 Å². The van der Waals surface area contributed by atoms with Crippen molar-refractivity contribution in [2.45, 2.75) is 20.4 Å². The Hall–Kier alpha value is -2.73. The molecule has 0 atom stereocenters. The monoisotopic (exact) mass is 462 g/mol. The molecular formula is C25H19ClN2OS2. The Morgan fingerprint density at radius 2 is 1.71 bits per heavy atom. The Morgan fingerprint density at radius 3 is 2.48 bits per heavy atom. The van der Waals surface area contributed by atoms with Crippen molar-refractivity contribution >= 4 is 65.6 Å². The number of hydrogen-bond donors (Lipinski definition) is 0. The molecule has 0 aliphatic carbocycles. The van der Waals surface area contributed by atoms with Gasteiger partial charge >= 0.3 is 0 Å². The lowest BCUT2D eigenvalue weighted by Gasteiger charge is -2.19. The van der Waals surface area contributed by atoms with Crippen molar-refractivity contribution in [3.8, 4) is 0 Å². The van der Waals surface area contributed by atoms with E-state index in [0.717, 1.165) is 31.4 Å². The van der Waals surface area contributed by atoms with Crippen LogP contribution < -0.4 is 4.90 Å². The zero-order valence-electron chi connectivity index (χ0n) is 17.1. The van der Waals surface area contributed by atoms with E-state index >= 15 is 0 Å². The number of halogens is 1. The molecule has 5 aromatic rings. The maximum Gasteiger partial charge on any atom is 0.272 e. The number of anilines is 1. The third-order valence-corrected chi connectivity index (χ3v) is 7.90. The van der Waals surface area contributed by atoms with E-state index in [1.807, 2.05) is 54.6 Å². The SMILES string of the molecule is Cc1cc(C)c2nc(N(Cc3ccccc3)C(=O)c3sc4ccccc4c3Cl)sc2c1. The van der Waals surface area contributed by atoms with Crippen molar-refractivity contribution in [3.63, 3.8) is 0 Å². The second-order valence-electron chi connectivity index (χ2n) is 7.54. The number of amides is 1. The highest BCUT2D eigenvalue weighted by Gasteiger charge is 2.26. The fourth-order valence-corrected chi connectivity index (χ4v) is 6.34. The average Bonchev–Trinajstić information content (AvgIpc) is 3.34. The minimum absolute atomic E-state index is 0.122. The molecule has 2 heterocycles. The standard InChI is InChI=1S/C25H19ClN2OS2/c1-15-12-16(2)22-20(13-15)31-25(27-22)28(14-17-8-4-3-5-9-17)24(29)23-21(26)18-10-6-7-11-19(18)30-23/h3-13H,14H2,1-2H3. The average molecular weight is 463 g/mol. The summed E-state index contributed by atoms with van der Waals surface area (Å²) in [5.41, 5.74) is 4.29. The van der Waals surface area contributed by atoms with Crippen molar-refractivity contribution in [1.82, 2.24) is 4.98 Å². The van der Waals surface area contributed by atoms with Gasteiger partial charge in [-0.05, 0) is 42.7 Å². The van der Waals surface area contributed by atoms with Gasteiger partial charge in [-0.15, -0.1) is 11.3 Å². The second-order valence-corrected chi connectivity index (χ2v) is 9.98. The smallest absolute Gasteiger partial charge is 0.272 e. The van der Waals surface area contributed by atoms with Crippen LogP contribution in [0.5, 0.6) is 0 Å². The van der Waals surface area contributed by atoms with E-state index in [4.69, 9.17) is 16.6 Å². The summed E-state index contributed by atoms with van der Waals surface area (Å²) in [6.45, 7) is 4.57. The topological polar surface area (TPSA) is 33.2 Å². The first-order valence-corrected chi connectivity index (χ1v) is 11.9. The van der Waals surface area contributed by atoms with Gasteiger partial charge in [0.15, 0.2) is 5.13 Å². The van der Waals surface area contributed by atoms with Crippen molar-refractivity contribution in [2.24, 2.45) is 0 Å². The summed E-state index contributed by atoms with van der Waals surface area (Å²) in [4.78, 5) is 21.0. The lowest BCUT2D eigenvalue weighted by atomic mass is 10.1. The van der Waals surface area contributed by atoms with Crippen molar-refractivity contribution in [3.05, 3.63) is 93.3 Å². The molecule has 6 heteroatoms. The fourth-order valence-electron chi connectivity index (χ4n) is 3.74. The summed E-state index contributed by atoms with van der Waals surface area (Å²) in [5, 5.41) is 2.11. The Labute approximate surface area is 193 Å². The first-order valence-electron chi connectivity index (χ1n) is 9.92. The van der Waals surface area contributed by atoms with Gasteiger partial charge in [-0.3, -0.25) is 9.69 Å². The van der Waals surface area contributed by atoms with Crippen molar-refractivity contribution < 1.29 is 4.79 Å². The number of aryl methyl sites for hydroxylation is 2. The van der Waals surface area contributed by atoms with Crippen LogP contribution in [0.3, 0.4) is 0 Å². The molecular weight excluding hydrogens is 444 g/mol. The van der Waals surface area contributed by atoms with Gasteiger partial charge in [0.1, 0.15) is 4.88 Å². The second kappa shape index (κ2) is 8.08. The van der Waals surface area contributed by atoms with Crippen LogP contribution in [0.4, 0.5) is 5.13 Å². The Bertz CT molecular complexity index is 1420. The van der Waals surface area contributed by atoms with E-state index < -0.39 is 0 Å². The molecule has 2 aromatic heterocycles. The van der Waals surface area contributed by atoms with Crippen LogP contribution >= 0.6 is 34.3 Å². The number of thiophene rings is 1. The van der Waals surface area contributed by atoms with E-state index in [-0.39, 0.29) is 5.91 Å². The van der Waals surface area contributed by atoms with Gasteiger partial charge in [0.2, 0.25) is 0 Å². The minimum Gasteiger partial charge on any atom is -0.279 e. The van der Waals surface area contributed by atoms with Crippen LogP contribution in [0, 0.1) is 13.8 Å². The molecule has 3 nitrogen and oxygen atoms in total. The van der Waals surface area contributed by atoms with E-state index in [9.17, 15) is 4.79 Å². The maximum absolute atomic E-state index is 13.8. The molecule has 0 N–H and O–H groups in total. The predicted molar refractivity (Wildman–Crippen MR) is 133 cm³/mol. The molecule has 31 heavy (non-hydrogen) atoms. The summed E-state index contributed by atoms with van der Waals surface area (Å²) < 4.78 is 2.09. The number of aromatic nitrogens is 1. The zero-order valence-corrected chi connectivity index (χ0v) is 19.4. The lowest BCUT2D eigenvalue weighted by molar-refractivity contribution is 0.0989. The van der Waals surface area contributed by atoms with E-state index in [1.165, 1.54) is 16.9 Å². The molecule has 5 rings (SSSR count). The minimum atomic E-state index is -0.122. The van der Waals surface area contributed by atoms with Gasteiger partial charge in [0.05, 0.1) is 21.8 Å². The molecule has 0 saturated heterocycles. The summed E-state index contributed by atoms with van der Waals surface area (Å²) in [5.74, 6) is -0.122. The highest BCUT2D eigenvalue weighted by molar-refractivity contribution is 7.23. The van der Waals surface area contributed by atoms with E-state index in [1.54, 1.807) is 16.2 Å². The van der Waals surface area contributed by atoms with Crippen LogP contribution in [0.15, 0.2) is 66.7 Å². The Morgan fingerprint density at radius 1 is 0.968 bits per heavy atom. The quantitative estimate of drug-likeness (QED) is 0.275. The molecule has 0 unspecified atom stereocenters. The molecule has 1 amide bonds. The Kier molecular flexibility index (Phi) is 5.26. The van der Waals surface area contributed by atoms with Gasteiger partial charge in [0.25, 0.3) is 5.91 Å². The van der Waals surface area contributed by atoms with E-state index in [0.29, 0.717) is 21.6 Å². The number of carbonyl (C=O) groups is 1. The molecule has 154 valence electrons. The number of benzene rings is 3. The molecule has 3 aromatic carbocycles. The van der Waals surface area contributed by atoms with Gasteiger partial charge in [-0.25, -0.2) is 4.98 Å². The highest BCUT2D eigenvalue weighted by Crippen LogP contribution is 2.38. The third-order valence-electron chi connectivity index (χ3n) is 5.21. The van der Waals surface area contributed by atoms with Gasteiger partial charge in [0, 0.05) is 10.1 Å². The highest BCUT2D eigenvalue weighted by atomic mass is 35.5.